The average Bonchev–Trinajstić information content (AvgIpc) is 0.840. The molecule has 45 heteroatoms. The Kier molecular flexibility index (Phi) is 47.5. The molecule has 4 aromatic rings. The number of carbonyl (C=O) groups is 7. The Hall–Kier alpha value is -7.52. The summed E-state index contributed by atoms with van der Waals surface area (Å²) in [5.41, 5.74) is 6.28. The molecule has 125 heavy (non-hydrogen) atoms. The Bertz CT molecular complexity index is 4000. The number of halogens is 15. The molecule has 4 heterocycles. The van der Waals surface area contributed by atoms with E-state index in [4.69, 9.17) is 109 Å². The minimum absolute atomic E-state index is 0. The highest BCUT2D eigenvalue weighted by atomic mass is 35.5. The summed E-state index contributed by atoms with van der Waals surface area (Å²) in [5, 5.41) is 19.8. The Morgan fingerprint density at radius 1 is 0.528 bits per heavy atom. The van der Waals surface area contributed by atoms with Crippen LogP contribution in [0.15, 0.2) is 72.8 Å². The van der Waals surface area contributed by atoms with Crippen LogP contribution in [0, 0.1) is 23.3 Å². The lowest BCUT2D eigenvalue weighted by atomic mass is 9.92. The van der Waals surface area contributed by atoms with Crippen molar-refractivity contribution in [2.75, 3.05) is 107 Å². The predicted octanol–water partition coefficient (Wildman–Crippen LogP) is 14.3. The largest absolute Gasteiger partial charge is 0.522 e. The second kappa shape index (κ2) is 54.1. The molecule has 0 spiro atoms. The summed E-state index contributed by atoms with van der Waals surface area (Å²) in [6, 6.07) is 15.8. The van der Waals surface area contributed by atoms with E-state index in [2.05, 4.69) is 40.4 Å². The van der Waals surface area contributed by atoms with E-state index in [1.54, 1.807) is 64.0 Å². The van der Waals surface area contributed by atoms with Gasteiger partial charge in [0.1, 0.15) is 72.9 Å². The van der Waals surface area contributed by atoms with E-state index in [0.717, 1.165) is 31.5 Å². The summed E-state index contributed by atoms with van der Waals surface area (Å²) in [6.07, 6.45) is -11.3. The number of carbonyl (C=O) groups excluding carboxylic acids is 6. The number of likely N-dealkylation sites (tertiary alicyclic amines) is 3. The molecule has 7 N–H and O–H groups in total. The quantitative estimate of drug-likeness (QED) is 0.0155. The average molecular weight is 1900 g/mol. The number of alkyl carbamates (subject to hydrolysis) is 2. The van der Waals surface area contributed by atoms with Crippen molar-refractivity contribution in [2.24, 2.45) is 5.73 Å². The maximum atomic E-state index is 13.5. The molecule has 0 bridgehead atoms. The molecule has 2 saturated carbocycles. The second-order valence-corrected chi connectivity index (χ2v) is 32.3. The zero-order valence-electron chi connectivity index (χ0n) is 70.3. The van der Waals surface area contributed by atoms with Crippen molar-refractivity contribution in [3.63, 3.8) is 0 Å². The van der Waals surface area contributed by atoms with Crippen LogP contribution >= 0.6 is 58.8 Å². The zero-order valence-corrected chi connectivity index (χ0v) is 74.2. The Morgan fingerprint density at radius 2 is 0.936 bits per heavy atom. The standard InChI is InChI=1S/C21H27ClF4N2O5.C19H26ClFN2O5.C14H18ClFN2O3.C11H22N2O3.C8H6ClFO3.C7H9F3O3.ClH/c1-30-19-11-28(6-7-31-14-8-15(9-14)33-21(24,25)26)5-4-18(19)27-20(29)12-32-13-2-3-16(22)17(23)10-13;1-19(2,3)28-18(25)23-8-7-15(16(10-23)26-4)22-17(24)27-11-12-5-6-13(20)14(21)9-12;1-20-13-7-17-5-4-12(13)18-14(19)21-8-9-2-3-10(15)11(16)6-9;1-11(2,3)16-10(14)13-6-5-8(12)9(7-13)15-4;9-6-2-1-5(3-7(6)10)4-13-8(11)12;8-7(9,10)13-6-3-5(4-6)12-2-1-11;/h2-3,10,14-15,18-19H,4-9,11-12H2,1H3,(H,27,29);5-6,9,15-16H,7-8,10-11H2,1-4H3,(H,22,24);2-3,6,12-13,17H,4-5,7-8H2,1H3,(H,18,19);8-9H,5-7,12H2,1-4H3;1-3H,4H2,(H,11,12);1,5-6H,2-4H2;1H/t14?,15?,18?,19-;15-,16+;12-,13+;8-,9+;;;/m0111.../s1. The fourth-order valence-corrected chi connectivity index (χ4v) is 12.9. The van der Waals surface area contributed by atoms with Gasteiger partial charge in [-0.2, -0.15) is 0 Å². The molecule has 4 aromatic carbocycles. The molecular formula is C80H109Cl5F10N8O22. The van der Waals surface area contributed by atoms with Crippen molar-refractivity contribution in [1.29, 1.82) is 0 Å². The first-order valence-electron chi connectivity index (χ1n) is 39.1. The van der Waals surface area contributed by atoms with Crippen molar-refractivity contribution < 1.29 is 149 Å². The van der Waals surface area contributed by atoms with E-state index in [1.807, 2.05) is 20.8 Å². The number of hydrogen-bond donors (Lipinski definition) is 6. The molecule has 2 aliphatic carbocycles. The number of methoxy groups -OCH3 is 4. The number of carboxylic acid groups (broad SMARTS) is 1. The van der Waals surface area contributed by atoms with Crippen LogP contribution in [-0.4, -0.2) is 267 Å². The van der Waals surface area contributed by atoms with Gasteiger partial charge >= 0.3 is 43.3 Å². The van der Waals surface area contributed by atoms with E-state index < -0.39 is 89.9 Å². The Balaban J connectivity index is 0.000000325. The molecule has 706 valence electrons. The predicted molar refractivity (Wildman–Crippen MR) is 438 cm³/mol. The molecule has 6 aliphatic rings. The van der Waals surface area contributed by atoms with Crippen molar-refractivity contribution in [1.82, 2.24) is 36.0 Å². The van der Waals surface area contributed by atoms with E-state index in [1.165, 1.54) is 55.6 Å². The van der Waals surface area contributed by atoms with E-state index in [0.29, 0.717) is 94.8 Å². The first-order valence-corrected chi connectivity index (χ1v) is 40.6. The molecule has 8 atom stereocenters. The Morgan fingerprint density at radius 3 is 1.37 bits per heavy atom. The smallest absolute Gasteiger partial charge is 0.484 e. The molecule has 4 aliphatic heterocycles. The van der Waals surface area contributed by atoms with Crippen LogP contribution in [0.5, 0.6) is 5.75 Å². The number of amides is 5. The van der Waals surface area contributed by atoms with Crippen LogP contribution in [0.2, 0.25) is 20.1 Å². The lowest BCUT2D eigenvalue weighted by molar-refractivity contribution is -0.358. The van der Waals surface area contributed by atoms with Gasteiger partial charge in [0.05, 0.1) is 107 Å². The number of alkyl halides is 6. The number of ether oxygens (including phenoxy) is 14. The van der Waals surface area contributed by atoms with E-state index in [-0.39, 0.29) is 164 Å². The lowest BCUT2D eigenvalue weighted by Gasteiger charge is -2.39. The van der Waals surface area contributed by atoms with Gasteiger partial charge in [-0.1, -0.05) is 64.6 Å². The summed E-state index contributed by atoms with van der Waals surface area (Å²) < 4.78 is 194. The van der Waals surface area contributed by atoms with Gasteiger partial charge in [-0.05, 0) is 139 Å². The number of piperidine rings is 4. The maximum Gasteiger partial charge on any atom is 0.522 e. The summed E-state index contributed by atoms with van der Waals surface area (Å²) in [5.74, 6) is -2.47. The number of rotatable bonds is 25. The van der Waals surface area contributed by atoms with Gasteiger partial charge in [0.2, 0.25) is 0 Å². The molecule has 10 rings (SSSR count). The van der Waals surface area contributed by atoms with Crippen LogP contribution in [-0.2, 0) is 91.0 Å². The van der Waals surface area contributed by atoms with Gasteiger partial charge in [-0.25, -0.2) is 41.5 Å². The SMILES string of the molecule is CO[C@H]1CN(C(=O)OC(C)(C)C)CC[C@H]1N.CO[C@H]1CN(C(=O)OC(C)(C)C)CC[C@H]1NC(=O)OCc1ccc(Cl)c(F)c1.CO[C@H]1CN(CCOC2CC(OC(F)(F)F)C2)CCC1NC(=O)COc1ccc(Cl)c(F)c1.CO[C@H]1CNCC[C@H]1NC(=O)OCc1ccc(Cl)c(F)c1.Cl.O=C(O)OCc1ccc(Cl)c(F)c1.O=CCOC1CC(OC(F)(F)F)C1. The third kappa shape index (κ3) is 43.0. The fraction of sp³-hybridized carbons (Fsp3) is 0.613. The molecule has 1 unspecified atom stereocenters. The van der Waals surface area contributed by atoms with Crippen LogP contribution < -0.4 is 31.7 Å². The monoisotopic (exact) mass is 1900 g/mol. The van der Waals surface area contributed by atoms with Gasteiger partial charge in [-0.15, -0.1) is 38.7 Å². The van der Waals surface area contributed by atoms with Gasteiger partial charge in [0.25, 0.3) is 5.91 Å². The first-order chi connectivity index (χ1) is 58.2. The van der Waals surface area contributed by atoms with Crippen molar-refractivity contribution >= 4 is 102 Å². The molecule has 5 amide bonds. The maximum absolute atomic E-state index is 13.5. The van der Waals surface area contributed by atoms with Gasteiger partial charge in [0, 0.05) is 105 Å². The van der Waals surface area contributed by atoms with Gasteiger partial charge in [0.15, 0.2) is 6.61 Å². The van der Waals surface area contributed by atoms with Crippen LogP contribution in [0.1, 0.15) is 110 Å². The summed E-state index contributed by atoms with van der Waals surface area (Å²) in [6.45, 7) is 16.0. The second-order valence-electron chi connectivity index (χ2n) is 30.7. The Labute approximate surface area is 743 Å². The number of nitrogens with zero attached hydrogens (tertiary/aromatic N) is 3. The molecule has 0 radical (unpaired) electrons. The van der Waals surface area contributed by atoms with Crippen LogP contribution in [0.4, 0.5) is 67.9 Å². The molecule has 30 nitrogen and oxygen atoms in total. The summed E-state index contributed by atoms with van der Waals surface area (Å²) in [4.78, 5) is 85.2. The van der Waals surface area contributed by atoms with Crippen molar-refractivity contribution in [3.8, 4) is 5.75 Å². The normalized spacial score (nSPS) is 22.3. The topological polar surface area (TPSA) is 353 Å². The van der Waals surface area contributed by atoms with Crippen molar-refractivity contribution in [2.45, 2.75) is 210 Å². The lowest BCUT2D eigenvalue weighted by Crippen LogP contribution is -2.56. The summed E-state index contributed by atoms with van der Waals surface area (Å²) >= 11 is 22.3. The van der Waals surface area contributed by atoms with Gasteiger partial charge < -0.3 is 104 Å². The summed E-state index contributed by atoms with van der Waals surface area (Å²) in [7, 11) is 6.29. The third-order valence-electron chi connectivity index (χ3n) is 18.9. The van der Waals surface area contributed by atoms with Crippen molar-refractivity contribution in [3.05, 3.63) is 133 Å². The molecule has 4 saturated heterocycles. The number of nitrogens with two attached hydrogens (primary N) is 1. The number of nitrogens with one attached hydrogen (secondary N) is 4. The molecule has 0 aromatic heterocycles. The van der Waals surface area contributed by atoms with E-state index in [9.17, 15) is 77.5 Å². The minimum Gasteiger partial charge on any atom is -0.484 e. The van der Waals surface area contributed by atoms with E-state index >= 15 is 0 Å². The minimum atomic E-state index is -4.61. The highest BCUT2D eigenvalue weighted by Crippen LogP contribution is 2.34. The third-order valence-corrected chi connectivity index (χ3v) is 20.1. The number of benzene rings is 4. The number of hydrogen-bond acceptors (Lipinski definition) is 24. The molecular weight excluding hydrogens is 1790 g/mol. The number of aldehydes is 1. The highest BCUT2D eigenvalue weighted by molar-refractivity contribution is 6.31. The molecule has 6 fully saturated rings. The first kappa shape index (κ1) is 110. The van der Waals surface area contributed by atoms with Crippen LogP contribution in [0.3, 0.4) is 0 Å². The zero-order chi connectivity index (χ0) is 92.2. The van der Waals surface area contributed by atoms with Crippen LogP contribution in [0.25, 0.3) is 0 Å². The highest BCUT2D eigenvalue weighted by Gasteiger charge is 2.43. The fourth-order valence-electron chi connectivity index (χ4n) is 12.4. The van der Waals surface area contributed by atoms with Gasteiger partial charge in [-0.3, -0.25) is 19.2 Å².